The summed E-state index contributed by atoms with van der Waals surface area (Å²) in [6, 6.07) is 10.5. The second kappa shape index (κ2) is 10.4. The second-order valence-corrected chi connectivity index (χ2v) is 11.0. The molecule has 1 atom stereocenters. The lowest BCUT2D eigenvalue weighted by Crippen LogP contribution is -2.63. The lowest BCUT2D eigenvalue weighted by Gasteiger charge is -2.39. The summed E-state index contributed by atoms with van der Waals surface area (Å²) in [7, 11) is 1.91. The van der Waals surface area contributed by atoms with Gasteiger partial charge in [0.2, 0.25) is 11.7 Å². The topological polar surface area (TPSA) is 101 Å². The molecule has 2 aromatic carbocycles. The molecule has 0 amide bonds. The highest BCUT2D eigenvalue weighted by Gasteiger charge is 2.47. The molecule has 0 spiro atoms. The minimum atomic E-state index is -2.46. The maximum Gasteiger partial charge on any atom is 0.306 e. The number of aryl methyl sites for hydroxylation is 1. The molecule has 0 radical (unpaired) electrons. The van der Waals surface area contributed by atoms with Gasteiger partial charge in [-0.3, -0.25) is 19.8 Å². The third kappa shape index (κ3) is 4.69. The fraction of sp³-hybridized carbons (Fsp3) is 0.433. The van der Waals surface area contributed by atoms with E-state index in [9.17, 15) is 14.7 Å². The Morgan fingerprint density at radius 3 is 2.58 bits per heavy atom. The summed E-state index contributed by atoms with van der Waals surface area (Å²) in [5, 5.41) is 13.1. The van der Waals surface area contributed by atoms with Gasteiger partial charge in [-0.2, -0.15) is 4.39 Å². The fourth-order valence-electron chi connectivity index (χ4n) is 6.18. The number of rotatable bonds is 8. The van der Waals surface area contributed by atoms with Crippen molar-refractivity contribution in [3.8, 4) is 11.5 Å². The van der Waals surface area contributed by atoms with E-state index in [1.165, 1.54) is 11.0 Å². The van der Waals surface area contributed by atoms with Gasteiger partial charge >= 0.3 is 5.97 Å². The number of para-hydroxylation sites is 1. The molecule has 6 rings (SSSR count). The molecule has 4 aromatic rings. The number of carbonyl (C=O) groups excluding carboxylic acids is 1. The smallest absolute Gasteiger partial charge is 0.306 e. The van der Waals surface area contributed by atoms with E-state index >= 15 is 8.78 Å². The number of halogens is 2. The molecule has 2 aromatic heterocycles. The van der Waals surface area contributed by atoms with Crippen molar-refractivity contribution in [2.45, 2.75) is 56.9 Å². The normalized spacial score (nSPS) is 21.7. The van der Waals surface area contributed by atoms with Crippen molar-refractivity contribution in [2.24, 2.45) is 13.0 Å². The van der Waals surface area contributed by atoms with Crippen molar-refractivity contribution >= 4 is 33.8 Å². The van der Waals surface area contributed by atoms with Gasteiger partial charge in [-0.05, 0) is 56.2 Å². The van der Waals surface area contributed by atoms with Crippen LogP contribution in [-0.2, 0) is 23.1 Å². The highest BCUT2D eigenvalue weighted by Crippen LogP contribution is 2.34. The zero-order valence-corrected chi connectivity index (χ0v) is 22.3. The van der Waals surface area contributed by atoms with Gasteiger partial charge in [-0.25, -0.2) is 9.37 Å². The van der Waals surface area contributed by atoms with Gasteiger partial charge in [0.05, 0.1) is 11.5 Å². The first-order valence-electron chi connectivity index (χ1n) is 13.8. The number of aliphatic carboxylic acids is 1. The number of nitrogens with zero attached hydrogens (tertiary/aromatic N) is 3. The number of carboxylic acid groups (broad SMARTS) is 1. The Morgan fingerprint density at radius 2 is 1.85 bits per heavy atom. The van der Waals surface area contributed by atoms with Crippen molar-refractivity contribution in [1.29, 1.82) is 0 Å². The molecule has 2 fully saturated rings. The molecule has 2 aliphatic rings. The van der Waals surface area contributed by atoms with Crippen molar-refractivity contribution in [3.63, 3.8) is 0 Å². The molecule has 10 heteroatoms. The van der Waals surface area contributed by atoms with Crippen LogP contribution in [0.3, 0.4) is 0 Å². The van der Waals surface area contributed by atoms with Gasteiger partial charge < -0.3 is 14.1 Å². The zero-order valence-electron chi connectivity index (χ0n) is 22.3. The van der Waals surface area contributed by atoms with E-state index in [1.54, 1.807) is 6.07 Å². The highest BCUT2D eigenvalue weighted by molar-refractivity contribution is 5.95. The molecule has 1 saturated heterocycles. The number of carbonyl (C=O) groups is 2. The molecular formula is C30H32F2N4O4. The lowest BCUT2D eigenvalue weighted by molar-refractivity contribution is -0.151. The Bertz CT molecular complexity index is 1580. The van der Waals surface area contributed by atoms with Crippen molar-refractivity contribution in [1.82, 2.24) is 19.8 Å². The number of benzene rings is 2. The van der Waals surface area contributed by atoms with Crippen LogP contribution in [0.4, 0.5) is 8.78 Å². The summed E-state index contributed by atoms with van der Waals surface area (Å²) < 4.78 is 40.2. The zero-order chi connectivity index (χ0) is 28.0. The van der Waals surface area contributed by atoms with Crippen LogP contribution in [0.2, 0.25) is 0 Å². The van der Waals surface area contributed by atoms with Crippen LogP contribution in [0.15, 0.2) is 47.0 Å². The molecule has 8 nitrogen and oxygen atoms in total. The molecule has 1 aliphatic heterocycles. The van der Waals surface area contributed by atoms with Crippen LogP contribution in [0.25, 0.3) is 33.5 Å². The van der Waals surface area contributed by atoms with Gasteiger partial charge in [0.1, 0.15) is 5.52 Å². The third-order valence-electron chi connectivity index (χ3n) is 8.44. The maximum atomic E-state index is 16.6. The van der Waals surface area contributed by atoms with Crippen LogP contribution in [0, 0.1) is 11.7 Å². The van der Waals surface area contributed by atoms with Gasteiger partial charge in [-0.15, -0.1) is 0 Å². The number of ketones is 1. The third-order valence-corrected chi connectivity index (χ3v) is 8.44. The van der Waals surface area contributed by atoms with Crippen LogP contribution >= 0.6 is 0 Å². The van der Waals surface area contributed by atoms with Crippen molar-refractivity contribution in [3.05, 3.63) is 54.0 Å². The molecule has 0 bridgehead atoms. The number of nitrogens with one attached hydrogen (secondary N) is 1. The summed E-state index contributed by atoms with van der Waals surface area (Å²) >= 11 is 0. The quantitative estimate of drug-likeness (QED) is 0.291. The Morgan fingerprint density at radius 1 is 1.12 bits per heavy atom. The number of aromatic nitrogens is 2. The Kier molecular flexibility index (Phi) is 6.92. The number of oxazole rings is 1. The number of fused-ring (bicyclic) bond motifs is 2. The average Bonchev–Trinajstić information content (AvgIpc) is 3.70. The number of Topliss-reactive ketones (excluding diaryl/α,β-unsaturated/α-hetero) is 1. The predicted molar refractivity (Wildman–Crippen MR) is 146 cm³/mol. The second-order valence-electron chi connectivity index (χ2n) is 11.0. The first-order valence-corrected chi connectivity index (χ1v) is 13.8. The summed E-state index contributed by atoms with van der Waals surface area (Å²) in [6.45, 7) is 0.829. The summed E-state index contributed by atoms with van der Waals surface area (Å²) in [4.78, 5) is 30.9. The number of hydrogen-bond acceptors (Lipinski definition) is 6. The van der Waals surface area contributed by atoms with Gasteiger partial charge in [0, 0.05) is 49.7 Å². The van der Waals surface area contributed by atoms with Gasteiger partial charge in [0.25, 0.3) is 5.92 Å². The molecule has 1 aliphatic carbocycles. The Hall–Kier alpha value is -3.63. The molecule has 2 N–H and O–H groups in total. The van der Waals surface area contributed by atoms with E-state index in [1.807, 2.05) is 42.1 Å². The van der Waals surface area contributed by atoms with Crippen LogP contribution < -0.4 is 5.32 Å². The number of alkyl halides is 1. The first kappa shape index (κ1) is 26.6. The van der Waals surface area contributed by atoms with E-state index in [2.05, 4.69) is 10.3 Å². The largest absolute Gasteiger partial charge is 0.481 e. The molecule has 40 heavy (non-hydrogen) atoms. The standard InChI is InChI=1S/C30H32F2N4O4/c1-35-17-22(21-6-2-3-7-24(21)35)28-33-23-13-10-19(26(31)27(23)40-28)16-25(37)30(32,36-14-4-5-15-36)34-20-11-8-18(9-12-20)29(38)39/h2-3,6-7,10,13,17-18,20,34H,4-5,8-9,11-12,14-16H2,1H3,(H,38,39)/t18-,20-,30?. The Balaban J connectivity index is 1.26. The van der Waals surface area contributed by atoms with E-state index in [-0.39, 0.29) is 23.1 Å². The van der Waals surface area contributed by atoms with Crippen molar-refractivity contribution < 1.29 is 27.9 Å². The van der Waals surface area contributed by atoms with Crippen LogP contribution in [0.5, 0.6) is 0 Å². The molecule has 3 heterocycles. The summed E-state index contributed by atoms with van der Waals surface area (Å²) in [6.07, 6.45) is 4.71. The minimum absolute atomic E-state index is 0.0377. The lowest BCUT2D eigenvalue weighted by atomic mass is 9.85. The van der Waals surface area contributed by atoms with Gasteiger partial charge in [-0.1, -0.05) is 24.3 Å². The minimum Gasteiger partial charge on any atom is -0.481 e. The molecule has 1 saturated carbocycles. The van der Waals surface area contributed by atoms with Gasteiger partial charge in [0.15, 0.2) is 11.4 Å². The van der Waals surface area contributed by atoms with Crippen LogP contribution in [0.1, 0.15) is 44.1 Å². The highest BCUT2D eigenvalue weighted by atomic mass is 19.2. The summed E-state index contributed by atoms with van der Waals surface area (Å²) in [5.41, 5.74) is 1.99. The number of carboxylic acids is 1. The SMILES string of the molecule is Cn1cc(-c2nc3ccc(CC(=O)C(F)(N[C@H]4CC[C@H](C(=O)O)CC4)N4CCCC4)c(F)c3o2)c2ccccc21. The maximum absolute atomic E-state index is 16.6. The molecule has 210 valence electrons. The van der Waals surface area contributed by atoms with E-state index in [0.717, 1.165) is 29.3 Å². The first-order chi connectivity index (χ1) is 19.2. The van der Waals surface area contributed by atoms with Crippen LogP contribution in [-0.4, -0.2) is 56.4 Å². The van der Waals surface area contributed by atoms with Crippen molar-refractivity contribution in [2.75, 3.05) is 13.1 Å². The number of hydrogen-bond donors (Lipinski definition) is 2. The van der Waals surface area contributed by atoms with E-state index in [0.29, 0.717) is 44.3 Å². The predicted octanol–water partition coefficient (Wildman–Crippen LogP) is 5.19. The monoisotopic (exact) mass is 550 g/mol. The van der Waals surface area contributed by atoms with E-state index in [4.69, 9.17) is 4.42 Å². The molecule has 1 unspecified atom stereocenters. The Labute approximate surface area is 230 Å². The average molecular weight is 551 g/mol. The van der Waals surface area contributed by atoms with E-state index < -0.39 is 35.8 Å². The molecular weight excluding hydrogens is 518 g/mol. The fourth-order valence-corrected chi connectivity index (χ4v) is 6.18. The number of likely N-dealkylation sites (tertiary alicyclic amines) is 1. The summed E-state index contributed by atoms with van der Waals surface area (Å²) in [5.74, 6) is -4.99.